The Labute approximate surface area is 160 Å². The normalized spacial score (nSPS) is 11.6. The third-order valence-electron chi connectivity index (χ3n) is 4.88. The van der Waals surface area contributed by atoms with E-state index in [0.717, 1.165) is 22.5 Å². The fourth-order valence-electron chi connectivity index (χ4n) is 3.56. The summed E-state index contributed by atoms with van der Waals surface area (Å²) in [6, 6.07) is 12.8. The Morgan fingerprint density at radius 2 is 1.38 bits per heavy atom. The highest BCUT2D eigenvalue weighted by Crippen LogP contribution is 2.35. The molecular formula is C21H10F5N3. The minimum Gasteiger partial charge on any atom is -0.353 e. The van der Waals surface area contributed by atoms with Crippen molar-refractivity contribution in [1.29, 1.82) is 0 Å². The van der Waals surface area contributed by atoms with E-state index in [9.17, 15) is 22.0 Å². The highest BCUT2D eigenvalue weighted by atomic mass is 19.2. The fraction of sp³-hybridized carbons (Fsp3) is 0. The van der Waals surface area contributed by atoms with Gasteiger partial charge in [0.2, 0.25) is 5.82 Å². The van der Waals surface area contributed by atoms with Crippen molar-refractivity contribution in [3.05, 3.63) is 84.1 Å². The molecule has 0 radical (unpaired) electrons. The number of imidazole rings is 1. The lowest BCUT2D eigenvalue weighted by Crippen LogP contribution is -2.06. The molecule has 3 aromatic carbocycles. The number of nitrogens with one attached hydrogen (secondary N) is 1. The van der Waals surface area contributed by atoms with Crippen LogP contribution >= 0.6 is 0 Å². The van der Waals surface area contributed by atoms with Gasteiger partial charge in [-0.1, -0.05) is 30.3 Å². The van der Waals surface area contributed by atoms with Crippen molar-refractivity contribution in [2.24, 2.45) is 0 Å². The minimum atomic E-state index is -2.20. The molecule has 29 heavy (non-hydrogen) atoms. The van der Waals surface area contributed by atoms with Crippen LogP contribution in [-0.4, -0.2) is 14.5 Å². The smallest absolute Gasteiger partial charge is 0.200 e. The van der Waals surface area contributed by atoms with Crippen LogP contribution in [0.25, 0.3) is 38.8 Å². The predicted octanol–water partition coefficient (Wildman–Crippen LogP) is 5.87. The molecule has 0 unspecified atom stereocenters. The zero-order valence-corrected chi connectivity index (χ0v) is 14.5. The lowest BCUT2D eigenvalue weighted by atomic mass is 10.1. The van der Waals surface area contributed by atoms with Gasteiger partial charge in [-0.2, -0.15) is 0 Å². The average molecular weight is 399 g/mol. The molecular weight excluding hydrogens is 389 g/mol. The molecule has 0 fully saturated rings. The van der Waals surface area contributed by atoms with Crippen molar-refractivity contribution in [2.75, 3.05) is 0 Å². The molecule has 0 saturated heterocycles. The van der Waals surface area contributed by atoms with E-state index in [1.54, 1.807) is 12.1 Å². The van der Waals surface area contributed by atoms with Crippen LogP contribution in [0.1, 0.15) is 0 Å². The Bertz CT molecular complexity index is 1390. The van der Waals surface area contributed by atoms with Gasteiger partial charge in [0.15, 0.2) is 23.3 Å². The zero-order chi connectivity index (χ0) is 20.3. The Kier molecular flexibility index (Phi) is 3.70. The summed E-state index contributed by atoms with van der Waals surface area (Å²) < 4.78 is 70.9. The second-order valence-electron chi connectivity index (χ2n) is 6.46. The molecule has 0 spiro atoms. The van der Waals surface area contributed by atoms with Crippen LogP contribution < -0.4 is 0 Å². The van der Waals surface area contributed by atoms with Crippen molar-refractivity contribution in [3.8, 4) is 16.9 Å². The topological polar surface area (TPSA) is 33.6 Å². The summed E-state index contributed by atoms with van der Waals surface area (Å²) in [6.45, 7) is 0. The van der Waals surface area contributed by atoms with Crippen molar-refractivity contribution in [3.63, 3.8) is 0 Å². The summed E-state index contributed by atoms with van der Waals surface area (Å²) in [6.07, 6.45) is 2.31. The van der Waals surface area contributed by atoms with Gasteiger partial charge in [-0.3, -0.25) is 4.57 Å². The van der Waals surface area contributed by atoms with Crippen molar-refractivity contribution in [1.82, 2.24) is 14.5 Å². The van der Waals surface area contributed by atoms with E-state index in [-0.39, 0.29) is 5.69 Å². The fourth-order valence-corrected chi connectivity index (χ4v) is 3.56. The predicted molar refractivity (Wildman–Crippen MR) is 98.2 cm³/mol. The first-order valence-electron chi connectivity index (χ1n) is 8.53. The first kappa shape index (κ1) is 17.4. The Morgan fingerprint density at radius 3 is 2.14 bits per heavy atom. The van der Waals surface area contributed by atoms with Crippen LogP contribution in [0.2, 0.25) is 0 Å². The van der Waals surface area contributed by atoms with Crippen LogP contribution in [0.15, 0.2) is 55.0 Å². The molecule has 2 heterocycles. The van der Waals surface area contributed by atoms with Crippen molar-refractivity contribution < 1.29 is 22.0 Å². The van der Waals surface area contributed by atoms with E-state index in [1.165, 1.54) is 10.9 Å². The van der Waals surface area contributed by atoms with Crippen LogP contribution in [0.3, 0.4) is 0 Å². The lowest BCUT2D eigenvalue weighted by Gasteiger charge is -2.12. The van der Waals surface area contributed by atoms with Gasteiger partial charge in [0.25, 0.3) is 0 Å². The molecule has 1 N–H and O–H groups in total. The Morgan fingerprint density at radius 1 is 0.724 bits per heavy atom. The molecule has 8 heteroatoms. The molecule has 144 valence electrons. The maximum absolute atomic E-state index is 14.4. The largest absolute Gasteiger partial charge is 0.353 e. The monoisotopic (exact) mass is 399 g/mol. The zero-order valence-electron chi connectivity index (χ0n) is 14.5. The van der Waals surface area contributed by atoms with Crippen LogP contribution in [0.4, 0.5) is 22.0 Å². The number of fused-ring (bicyclic) bond motifs is 3. The second kappa shape index (κ2) is 6.16. The molecule has 5 rings (SSSR count). The molecule has 0 bridgehead atoms. The van der Waals surface area contributed by atoms with Crippen molar-refractivity contribution >= 4 is 21.8 Å². The van der Waals surface area contributed by atoms with Gasteiger partial charge >= 0.3 is 0 Å². The van der Waals surface area contributed by atoms with Crippen LogP contribution in [-0.2, 0) is 0 Å². The number of para-hydroxylation sites is 2. The maximum Gasteiger partial charge on any atom is 0.200 e. The highest BCUT2D eigenvalue weighted by Gasteiger charge is 2.28. The molecule has 2 aromatic heterocycles. The first-order chi connectivity index (χ1) is 14.0. The van der Waals surface area contributed by atoms with Gasteiger partial charge in [-0.25, -0.2) is 26.9 Å². The third kappa shape index (κ3) is 2.38. The van der Waals surface area contributed by atoms with E-state index in [0.29, 0.717) is 11.2 Å². The summed E-state index contributed by atoms with van der Waals surface area (Å²) >= 11 is 0. The van der Waals surface area contributed by atoms with E-state index >= 15 is 0 Å². The second-order valence-corrected chi connectivity index (χ2v) is 6.46. The number of hydrogen-bond acceptors (Lipinski definition) is 1. The molecule has 0 aliphatic heterocycles. The van der Waals surface area contributed by atoms with E-state index in [4.69, 9.17) is 0 Å². The molecule has 3 nitrogen and oxygen atoms in total. The number of H-pyrrole nitrogens is 1. The highest BCUT2D eigenvalue weighted by molar-refractivity contribution is 6.09. The number of aromatic nitrogens is 3. The van der Waals surface area contributed by atoms with Gasteiger partial charge in [0, 0.05) is 16.3 Å². The number of nitrogens with zero attached hydrogens (tertiary/aromatic N) is 2. The maximum atomic E-state index is 14.4. The van der Waals surface area contributed by atoms with Gasteiger partial charge in [0.1, 0.15) is 0 Å². The van der Waals surface area contributed by atoms with Crippen molar-refractivity contribution in [2.45, 2.75) is 0 Å². The van der Waals surface area contributed by atoms with E-state index < -0.39 is 34.6 Å². The van der Waals surface area contributed by atoms with E-state index in [1.807, 2.05) is 30.3 Å². The summed E-state index contributed by atoms with van der Waals surface area (Å²) in [5, 5.41) is 1.78. The average Bonchev–Trinajstić information content (AvgIpc) is 3.35. The quantitative estimate of drug-likeness (QED) is 0.225. The summed E-state index contributed by atoms with van der Waals surface area (Å²) in [5.41, 5.74) is 0.635. The standard InChI is InChI=1S/C21H10F5N3/c22-16-15(17(23)19(25)20(26)18(16)24)14-8-27-9-29(14)13-7-3-5-11-10-4-1-2-6-12(10)28-21(11)13/h1-9,28H. The lowest BCUT2D eigenvalue weighted by molar-refractivity contribution is 0.381. The summed E-state index contributed by atoms with van der Waals surface area (Å²) in [4.78, 5) is 7.11. The number of rotatable bonds is 2. The first-order valence-corrected chi connectivity index (χ1v) is 8.53. The summed E-state index contributed by atoms with van der Waals surface area (Å²) in [7, 11) is 0. The van der Waals surface area contributed by atoms with Gasteiger partial charge < -0.3 is 4.98 Å². The van der Waals surface area contributed by atoms with E-state index in [2.05, 4.69) is 9.97 Å². The number of hydrogen-bond donors (Lipinski definition) is 1. The van der Waals surface area contributed by atoms with Crippen LogP contribution in [0, 0.1) is 29.1 Å². The van der Waals surface area contributed by atoms with Gasteiger partial charge in [0.05, 0.1) is 35.0 Å². The molecule has 0 saturated carbocycles. The number of benzene rings is 3. The van der Waals surface area contributed by atoms with Crippen LogP contribution in [0.5, 0.6) is 0 Å². The molecule has 0 amide bonds. The Hall–Kier alpha value is -3.68. The third-order valence-corrected chi connectivity index (χ3v) is 4.88. The SMILES string of the molecule is Fc1c(F)c(F)c(-c2cncn2-c2cccc3c2[nH]c2ccccc23)c(F)c1F. The number of aromatic amines is 1. The molecule has 0 aliphatic carbocycles. The molecule has 0 atom stereocenters. The molecule has 0 aliphatic rings. The Balaban J connectivity index is 1.82. The van der Waals surface area contributed by atoms with Gasteiger partial charge in [-0.15, -0.1) is 0 Å². The molecule has 5 aromatic rings. The minimum absolute atomic E-state index is 0.260. The van der Waals surface area contributed by atoms with Gasteiger partial charge in [-0.05, 0) is 12.1 Å². The number of halogens is 5. The summed E-state index contributed by atoms with van der Waals surface area (Å²) in [5.74, 6) is -10.0.